The second-order valence-corrected chi connectivity index (χ2v) is 3.73. The Kier molecular flexibility index (Phi) is 7.87. The van der Waals surface area contributed by atoms with E-state index in [0.717, 1.165) is 0 Å². The Bertz CT molecular complexity index is 381. The summed E-state index contributed by atoms with van der Waals surface area (Å²) in [7, 11) is 0. The number of ether oxygens (including phenoxy) is 1. The topological polar surface area (TPSA) is 66.4 Å². The minimum Gasteiger partial charge on any atom is -0.768 e. The van der Waals surface area contributed by atoms with Gasteiger partial charge in [-0.1, -0.05) is 18.2 Å². The Morgan fingerprint density at radius 3 is 2.62 bits per heavy atom. The van der Waals surface area contributed by atoms with Crippen molar-refractivity contribution in [1.29, 1.82) is 0 Å². The molecule has 6 heteroatoms. The SMILES string of the molecule is CCOC(=O)Cc1ccccc1S(=O)[O-].[Na+]. The second-order valence-electron chi connectivity index (χ2n) is 2.82. The molecular weight excluding hydrogens is 239 g/mol. The van der Waals surface area contributed by atoms with Crippen molar-refractivity contribution in [3.63, 3.8) is 0 Å². The molecule has 1 rings (SSSR count). The van der Waals surface area contributed by atoms with Crippen molar-refractivity contribution in [1.82, 2.24) is 0 Å². The van der Waals surface area contributed by atoms with Crippen LogP contribution in [0.15, 0.2) is 29.2 Å². The number of carbonyl (C=O) groups excluding carboxylic acids is 1. The second kappa shape index (κ2) is 7.97. The number of esters is 1. The third kappa shape index (κ3) is 4.76. The molecule has 0 aliphatic carbocycles. The number of hydrogen-bond acceptors (Lipinski definition) is 4. The van der Waals surface area contributed by atoms with Gasteiger partial charge < -0.3 is 9.29 Å². The van der Waals surface area contributed by atoms with Crippen molar-refractivity contribution in [3.8, 4) is 0 Å². The van der Waals surface area contributed by atoms with E-state index >= 15 is 0 Å². The van der Waals surface area contributed by atoms with Crippen LogP contribution in [0.3, 0.4) is 0 Å². The first-order valence-corrected chi connectivity index (χ1v) is 5.55. The summed E-state index contributed by atoms with van der Waals surface area (Å²) in [4.78, 5) is 11.3. The molecule has 82 valence electrons. The zero-order valence-corrected chi connectivity index (χ0v) is 12.1. The predicted octanol–water partition coefficient (Wildman–Crippen LogP) is -1.97. The fourth-order valence-corrected chi connectivity index (χ4v) is 1.72. The van der Waals surface area contributed by atoms with E-state index < -0.39 is 17.0 Å². The van der Waals surface area contributed by atoms with Gasteiger partial charge in [0.15, 0.2) is 0 Å². The van der Waals surface area contributed by atoms with Crippen LogP contribution in [0.25, 0.3) is 0 Å². The van der Waals surface area contributed by atoms with Gasteiger partial charge in [-0.2, -0.15) is 0 Å². The summed E-state index contributed by atoms with van der Waals surface area (Å²) in [5, 5.41) is 0. The summed E-state index contributed by atoms with van der Waals surface area (Å²) < 4.78 is 26.4. The molecule has 0 aliphatic heterocycles. The minimum absolute atomic E-state index is 0. The van der Waals surface area contributed by atoms with Crippen molar-refractivity contribution >= 4 is 17.0 Å². The molecule has 4 nitrogen and oxygen atoms in total. The maximum absolute atomic E-state index is 11.2. The van der Waals surface area contributed by atoms with Crippen LogP contribution in [0.2, 0.25) is 0 Å². The van der Waals surface area contributed by atoms with E-state index in [4.69, 9.17) is 4.74 Å². The predicted molar refractivity (Wildman–Crippen MR) is 54.0 cm³/mol. The Morgan fingerprint density at radius 1 is 1.44 bits per heavy atom. The molecule has 0 fully saturated rings. The summed E-state index contributed by atoms with van der Waals surface area (Å²) in [6, 6.07) is 6.35. The van der Waals surface area contributed by atoms with Crippen molar-refractivity contribution in [3.05, 3.63) is 29.8 Å². The van der Waals surface area contributed by atoms with E-state index in [-0.39, 0.29) is 40.9 Å². The summed E-state index contributed by atoms with van der Waals surface area (Å²) >= 11 is -2.32. The minimum atomic E-state index is -2.32. The van der Waals surface area contributed by atoms with Crippen LogP contribution < -0.4 is 29.6 Å². The first kappa shape index (κ1) is 15.8. The molecule has 16 heavy (non-hydrogen) atoms. The Hall–Kier alpha value is -0.200. The van der Waals surface area contributed by atoms with E-state index in [2.05, 4.69) is 0 Å². The van der Waals surface area contributed by atoms with E-state index in [1.807, 2.05) is 0 Å². The van der Waals surface area contributed by atoms with E-state index in [1.54, 1.807) is 25.1 Å². The average Bonchev–Trinajstić information content (AvgIpc) is 2.18. The van der Waals surface area contributed by atoms with Gasteiger partial charge >= 0.3 is 35.5 Å². The monoisotopic (exact) mass is 250 g/mol. The molecule has 0 saturated heterocycles. The third-order valence-electron chi connectivity index (χ3n) is 1.79. The summed E-state index contributed by atoms with van der Waals surface area (Å²) in [6.45, 7) is 2.00. The molecule has 1 aromatic rings. The van der Waals surface area contributed by atoms with Gasteiger partial charge in [-0.15, -0.1) is 0 Å². The molecule has 0 heterocycles. The number of carbonyl (C=O) groups is 1. The van der Waals surface area contributed by atoms with Gasteiger partial charge in [0.25, 0.3) is 0 Å². The smallest absolute Gasteiger partial charge is 0.768 e. The van der Waals surface area contributed by atoms with Gasteiger partial charge in [-0.05, 0) is 29.6 Å². The number of hydrogen-bond donors (Lipinski definition) is 0. The standard InChI is InChI=1S/C10H12O4S.Na/c1-2-14-10(11)7-8-5-3-4-6-9(8)15(12)13;/h3-6H,2,7H2,1H3,(H,12,13);/q;+1/p-1. The zero-order valence-electron chi connectivity index (χ0n) is 9.26. The Morgan fingerprint density at radius 2 is 2.06 bits per heavy atom. The van der Waals surface area contributed by atoms with Crippen LogP contribution in [0.4, 0.5) is 0 Å². The van der Waals surface area contributed by atoms with Crippen LogP contribution in [0, 0.1) is 0 Å². The zero-order chi connectivity index (χ0) is 11.3. The van der Waals surface area contributed by atoms with Crippen molar-refractivity contribution in [2.75, 3.05) is 6.61 Å². The molecule has 0 radical (unpaired) electrons. The third-order valence-corrected chi connectivity index (χ3v) is 2.55. The number of benzene rings is 1. The van der Waals surface area contributed by atoms with Gasteiger partial charge in [0, 0.05) is 4.90 Å². The molecule has 1 aromatic carbocycles. The van der Waals surface area contributed by atoms with Crippen LogP contribution in [-0.2, 0) is 27.0 Å². The Balaban J connectivity index is 0.00000225. The van der Waals surface area contributed by atoms with Crippen LogP contribution in [0.1, 0.15) is 12.5 Å². The maximum Gasteiger partial charge on any atom is 1.00 e. The van der Waals surface area contributed by atoms with E-state index in [9.17, 15) is 13.6 Å². The molecule has 0 bridgehead atoms. The summed E-state index contributed by atoms with van der Waals surface area (Å²) in [5.41, 5.74) is 0.462. The van der Waals surface area contributed by atoms with E-state index in [1.165, 1.54) is 6.07 Å². The largest absolute Gasteiger partial charge is 1.00 e. The molecule has 1 unspecified atom stereocenters. The van der Waals surface area contributed by atoms with Crippen LogP contribution in [0.5, 0.6) is 0 Å². The molecular formula is C10H11NaO4S. The van der Waals surface area contributed by atoms with Gasteiger partial charge in [0.2, 0.25) is 0 Å². The molecule has 0 aliphatic rings. The maximum atomic E-state index is 11.2. The van der Waals surface area contributed by atoms with Crippen LogP contribution in [-0.4, -0.2) is 21.3 Å². The van der Waals surface area contributed by atoms with Crippen molar-refractivity contribution in [2.24, 2.45) is 0 Å². The van der Waals surface area contributed by atoms with Gasteiger partial charge in [0.05, 0.1) is 13.0 Å². The quantitative estimate of drug-likeness (QED) is 0.353. The van der Waals surface area contributed by atoms with Crippen LogP contribution >= 0.6 is 0 Å². The molecule has 0 spiro atoms. The van der Waals surface area contributed by atoms with Gasteiger partial charge in [0.1, 0.15) is 0 Å². The van der Waals surface area contributed by atoms with Crippen molar-refractivity contribution < 1.29 is 47.9 Å². The first-order valence-electron chi connectivity index (χ1n) is 4.48. The normalized spacial score (nSPS) is 11.4. The molecule has 0 N–H and O–H groups in total. The fourth-order valence-electron chi connectivity index (χ4n) is 1.18. The summed E-state index contributed by atoms with van der Waals surface area (Å²) in [6.07, 6.45) is -0.0159. The molecule has 1 atom stereocenters. The fraction of sp³-hybridized carbons (Fsp3) is 0.300. The Labute approximate surface area is 119 Å². The molecule has 0 saturated carbocycles. The molecule has 0 amide bonds. The van der Waals surface area contributed by atoms with Gasteiger partial charge in [-0.25, -0.2) is 0 Å². The summed E-state index contributed by atoms with van der Waals surface area (Å²) in [5.74, 6) is -0.421. The van der Waals surface area contributed by atoms with Gasteiger partial charge in [-0.3, -0.25) is 9.00 Å². The van der Waals surface area contributed by atoms with E-state index in [0.29, 0.717) is 12.2 Å². The average molecular weight is 250 g/mol. The molecule has 0 aromatic heterocycles. The first-order chi connectivity index (χ1) is 7.15. The van der Waals surface area contributed by atoms with Crippen molar-refractivity contribution in [2.45, 2.75) is 18.2 Å². The number of rotatable bonds is 4.